The Morgan fingerprint density at radius 2 is 1.92 bits per heavy atom. The Bertz CT molecular complexity index is 221. The van der Waals surface area contributed by atoms with Crippen molar-refractivity contribution in [3.63, 3.8) is 0 Å². The lowest BCUT2D eigenvalue weighted by molar-refractivity contribution is 0.228. The lowest BCUT2D eigenvalue weighted by Crippen LogP contribution is -2.33. The summed E-state index contributed by atoms with van der Waals surface area (Å²) in [5.41, 5.74) is 1.27. The van der Waals surface area contributed by atoms with Crippen LogP contribution in [0.1, 0.15) is 25.5 Å². The summed E-state index contributed by atoms with van der Waals surface area (Å²) in [5.74, 6) is 5.78. The lowest BCUT2D eigenvalue weighted by atomic mass is 10.1. The number of hydrogen-bond donors (Lipinski definition) is 1. The molecule has 0 fully saturated rings. The smallest absolute Gasteiger partial charge is 0.0462 e. The molecule has 1 atom stereocenters. The third kappa shape index (κ3) is 2.06. The minimum Gasteiger partial charge on any atom is -0.268 e. The zero-order valence-corrected chi connectivity index (χ0v) is 7.70. The molecule has 2 heteroatoms. The SMILES string of the molecule is CCN(N)C(C)c1ccccc1. The van der Waals surface area contributed by atoms with Crippen molar-refractivity contribution < 1.29 is 0 Å². The second kappa shape index (κ2) is 4.24. The summed E-state index contributed by atoms with van der Waals surface area (Å²) in [4.78, 5) is 0. The van der Waals surface area contributed by atoms with Crippen LogP contribution in [0.3, 0.4) is 0 Å². The van der Waals surface area contributed by atoms with E-state index in [2.05, 4.69) is 26.0 Å². The van der Waals surface area contributed by atoms with E-state index in [1.165, 1.54) is 5.56 Å². The molecule has 0 aliphatic rings. The standard InChI is InChI=1S/C10H16N2/c1-3-12(11)9(2)10-7-5-4-6-8-10/h4-9H,3,11H2,1-2H3. The van der Waals surface area contributed by atoms with E-state index in [1.54, 1.807) is 0 Å². The summed E-state index contributed by atoms with van der Waals surface area (Å²) in [6, 6.07) is 10.6. The second-order valence-corrected chi connectivity index (χ2v) is 2.92. The first-order valence-electron chi connectivity index (χ1n) is 4.32. The molecule has 1 aromatic rings. The van der Waals surface area contributed by atoms with Gasteiger partial charge >= 0.3 is 0 Å². The maximum atomic E-state index is 5.78. The zero-order valence-electron chi connectivity index (χ0n) is 7.70. The van der Waals surface area contributed by atoms with Gasteiger partial charge < -0.3 is 0 Å². The number of nitrogens with zero attached hydrogens (tertiary/aromatic N) is 1. The van der Waals surface area contributed by atoms with Crippen molar-refractivity contribution in [1.29, 1.82) is 0 Å². The molecule has 12 heavy (non-hydrogen) atoms. The van der Waals surface area contributed by atoms with Crippen LogP contribution >= 0.6 is 0 Å². The average molecular weight is 164 g/mol. The minimum absolute atomic E-state index is 0.302. The summed E-state index contributed by atoms with van der Waals surface area (Å²) >= 11 is 0. The molecule has 1 unspecified atom stereocenters. The molecule has 0 saturated carbocycles. The Kier molecular flexibility index (Phi) is 3.26. The predicted molar refractivity (Wildman–Crippen MR) is 51.4 cm³/mol. The molecule has 0 aliphatic carbocycles. The first-order chi connectivity index (χ1) is 5.75. The fraction of sp³-hybridized carbons (Fsp3) is 0.400. The molecule has 0 amide bonds. The van der Waals surface area contributed by atoms with Gasteiger partial charge in [-0.1, -0.05) is 37.3 Å². The molecule has 2 nitrogen and oxygen atoms in total. The van der Waals surface area contributed by atoms with E-state index in [1.807, 2.05) is 23.2 Å². The summed E-state index contributed by atoms with van der Waals surface area (Å²) in [7, 11) is 0. The highest BCUT2D eigenvalue weighted by Crippen LogP contribution is 2.15. The molecule has 0 radical (unpaired) electrons. The Morgan fingerprint density at radius 1 is 1.33 bits per heavy atom. The van der Waals surface area contributed by atoms with Crippen molar-refractivity contribution in [2.24, 2.45) is 5.84 Å². The van der Waals surface area contributed by atoms with Crippen molar-refractivity contribution in [2.45, 2.75) is 19.9 Å². The molecule has 0 heterocycles. The molecule has 0 aliphatic heterocycles. The quantitative estimate of drug-likeness (QED) is 0.546. The number of benzene rings is 1. The van der Waals surface area contributed by atoms with E-state index in [4.69, 9.17) is 5.84 Å². The maximum Gasteiger partial charge on any atom is 0.0462 e. The Morgan fingerprint density at radius 3 is 2.42 bits per heavy atom. The van der Waals surface area contributed by atoms with Gasteiger partial charge in [0, 0.05) is 12.6 Å². The zero-order chi connectivity index (χ0) is 8.97. The third-order valence-electron chi connectivity index (χ3n) is 2.14. The van der Waals surface area contributed by atoms with Gasteiger partial charge in [-0.3, -0.25) is 5.84 Å². The average Bonchev–Trinajstić information content (AvgIpc) is 2.17. The number of rotatable bonds is 3. The van der Waals surface area contributed by atoms with E-state index >= 15 is 0 Å². The van der Waals surface area contributed by atoms with E-state index in [9.17, 15) is 0 Å². The van der Waals surface area contributed by atoms with Gasteiger partial charge in [-0.15, -0.1) is 0 Å². The van der Waals surface area contributed by atoms with Crippen LogP contribution in [0, 0.1) is 0 Å². The van der Waals surface area contributed by atoms with Crippen molar-refractivity contribution in [3.05, 3.63) is 35.9 Å². The summed E-state index contributed by atoms with van der Waals surface area (Å²) in [5, 5.41) is 1.83. The molecule has 0 saturated heterocycles. The summed E-state index contributed by atoms with van der Waals surface area (Å²) < 4.78 is 0. The van der Waals surface area contributed by atoms with Crippen molar-refractivity contribution in [2.75, 3.05) is 6.54 Å². The highest BCUT2D eigenvalue weighted by molar-refractivity contribution is 5.17. The van der Waals surface area contributed by atoms with Crippen LogP contribution in [0.2, 0.25) is 0 Å². The fourth-order valence-electron chi connectivity index (χ4n) is 1.20. The van der Waals surface area contributed by atoms with Gasteiger partial charge in [-0.2, -0.15) is 0 Å². The molecule has 0 aromatic heterocycles. The normalized spacial score (nSPS) is 13.3. The molecule has 2 N–H and O–H groups in total. The van der Waals surface area contributed by atoms with Crippen molar-refractivity contribution in [3.8, 4) is 0 Å². The van der Waals surface area contributed by atoms with Gasteiger partial charge in [0.2, 0.25) is 0 Å². The van der Waals surface area contributed by atoms with Gasteiger partial charge in [0.15, 0.2) is 0 Å². The van der Waals surface area contributed by atoms with Crippen molar-refractivity contribution >= 4 is 0 Å². The van der Waals surface area contributed by atoms with Crippen LogP contribution < -0.4 is 5.84 Å². The Labute approximate surface area is 74.0 Å². The summed E-state index contributed by atoms with van der Waals surface area (Å²) in [6.07, 6.45) is 0. The van der Waals surface area contributed by atoms with E-state index < -0.39 is 0 Å². The summed E-state index contributed by atoms with van der Waals surface area (Å²) in [6.45, 7) is 5.04. The molecule has 1 aromatic carbocycles. The number of hydrazine groups is 1. The number of hydrogen-bond acceptors (Lipinski definition) is 2. The lowest BCUT2D eigenvalue weighted by Gasteiger charge is -2.22. The van der Waals surface area contributed by atoms with Crippen LogP contribution in [-0.2, 0) is 0 Å². The van der Waals surface area contributed by atoms with Crippen molar-refractivity contribution in [1.82, 2.24) is 5.01 Å². The van der Waals surface area contributed by atoms with Crippen LogP contribution in [0.25, 0.3) is 0 Å². The fourth-order valence-corrected chi connectivity index (χ4v) is 1.20. The highest BCUT2D eigenvalue weighted by atomic mass is 15.4. The molecule has 66 valence electrons. The molecule has 0 spiro atoms. The number of nitrogens with two attached hydrogens (primary N) is 1. The van der Waals surface area contributed by atoms with E-state index in [-0.39, 0.29) is 0 Å². The largest absolute Gasteiger partial charge is 0.268 e. The molecular formula is C10H16N2. The third-order valence-corrected chi connectivity index (χ3v) is 2.14. The Balaban J connectivity index is 2.71. The first kappa shape index (κ1) is 9.23. The first-order valence-corrected chi connectivity index (χ1v) is 4.32. The van der Waals surface area contributed by atoms with Crippen LogP contribution in [-0.4, -0.2) is 11.6 Å². The monoisotopic (exact) mass is 164 g/mol. The Hall–Kier alpha value is -0.860. The van der Waals surface area contributed by atoms with E-state index in [0.717, 1.165) is 6.54 Å². The van der Waals surface area contributed by atoms with Gasteiger partial charge in [0.05, 0.1) is 0 Å². The van der Waals surface area contributed by atoms with E-state index in [0.29, 0.717) is 6.04 Å². The van der Waals surface area contributed by atoms with Gasteiger partial charge in [0.1, 0.15) is 0 Å². The van der Waals surface area contributed by atoms with Crippen LogP contribution in [0.15, 0.2) is 30.3 Å². The van der Waals surface area contributed by atoms with Crippen LogP contribution in [0.4, 0.5) is 0 Å². The second-order valence-electron chi connectivity index (χ2n) is 2.92. The molecule has 0 bridgehead atoms. The van der Waals surface area contributed by atoms with Gasteiger partial charge in [0.25, 0.3) is 0 Å². The minimum atomic E-state index is 0.302. The maximum absolute atomic E-state index is 5.78. The topological polar surface area (TPSA) is 29.3 Å². The molecular weight excluding hydrogens is 148 g/mol. The predicted octanol–water partition coefficient (Wildman–Crippen LogP) is 1.94. The van der Waals surface area contributed by atoms with Gasteiger partial charge in [-0.05, 0) is 12.5 Å². The highest BCUT2D eigenvalue weighted by Gasteiger charge is 2.08. The van der Waals surface area contributed by atoms with Gasteiger partial charge in [-0.25, -0.2) is 5.01 Å². The van der Waals surface area contributed by atoms with Crippen LogP contribution in [0.5, 0.6) is 0 Å². The molecule has 1 rings (SSSR count).